The van der Waals surface area contributed by atoms with Crippen molar-refractivity contribution in [1.82, 2.24) is 19.9 Å². The Morgan fingerprint density at radius 1 is 1.36 bits per heavy atom. The summed E-state index contributed by atoms with van der Waals surface area (Å²) in [6.07, 6.45) is 1.67. The van der Waals surface area contributed by atoms with Crippen molar-refractivity contribution in [3.63, 3.8) is 0 Å². The van der Waals surface area contributed by atoms with Crippen LogP contribution in [0.1, 0.15) is 24.1 Å². The molecule has 1 aromatic carbocycles. The number of carbonyl (C=O) groups is 1. The molecular weight excluding hydrogens is 381 g/mol. The minimum absolute atomic E-state index is 0.0266. The summed E-state index contributed by atoms with van der Waals surface area (Å²) in [6, 6.07) is 7.55. The molecule has 2 aromatic heterocycles. The Labute approximate surface area is 164 Å². The number of hydrogen-bond acceptors (Lipinski definition) is 6. The largest absolute Gasteiger partial charge is 0.352 e. The van der Waals surface area contributed by atoms with E-state index in [0.29, 0.717) is 28.9 Å². The van der Waals surface area contributed by atoms with E-state index in [-0.39, 0.29) is 23.2 Å². The van der Waals surface area contributed by atoms with E-state index < -0.39 is 0 Å². The third-order valence-corrected chi connectivity index (χ3v) is 5.77. The number of nitrogens with zero attached hydrogens (tertiary/aromatic N) is 4. The zero-order valence-corrected chi connectivity index (χ0v) is 16.2. The predicted octanol–water partition coefficient (Wildman–Crippen LogP) is 2.13. The van der Waals surface area contributed by atoms with E-state index in [1.165, 1.54) is 34.1 Å². The van der Waals surface area contributed by atoms with Gasteiger partial charge in [-0.05, 0) is 37.5 Å². The van der Waals surface area contributed by atoms with Gasteiger partial charge in [-0.15, -0.1) is 5.10 Å². The molecule has 0 radical (unpaired) electrons. The van der Waals surface area contributed by atoms with Gasteiger partial charge in [-0.2, -0.15) is 4.52 Å². The fraction of sp³-hybridized carbons (Fsp3) is 0.368. The second-order valence-electron chi connectivity index (χ2n) is 6.94. The predicted molar refractivity (Wildman–Crippen MR) is 105 cm³/mol. The van der Waals surface area contributed by atoms with E-state index >= 15 is 0 Å². The Morgan fingerprint density at radius 3 is 2.93 bits per heavy atom. The van der Waals surface area contributed by atoms with Crippen molar-refractivity contribution in [3.8, 4) is 0 Å². The maximum Gasteiger partial charge on any atom is 0.275 e. The summed E-state index contributed by atoms with van der Waals surface area (Å²) in [7, 11) is 0. The normalized spacial score (nSPS) is 17.1. The second-order valence-corrected chi connectivity index (χ2v) is 7.88. The first-order valence-corrected chi connectivity index (χ1v) is 9.96. The van der Waals surface area contributed by atoms with Gasteiger partial charge < -0.3 is 10.2 Å². The molecule has 7 nitrogen and oxygen atoms in total. The van der Waals surface area contributed by atoms with Crippen LogP contribution in [0.15, 0.2) is 35.1 Å². The van der Waals surface area contributed by atoms with Gasteiger partial charge in [0, 0.05) is 31.4 Å². The highest BCUT2D eigenvalue weighted by atomic mass is 32.1. The standard InChI is InChI=1S/C19H20FN5O2S/c1-12-9-16(26)25-18(22-12)28-19(23-25)24-8-2-3-14(11-24)17(27)21-10-13-4-6-15(20)7-5-13/h4-7,9,14H,2-3,8,10-11H2,1H3,(H,21,27)/t14-/m1/s1. The molecule has 4 rings (SSSR count). The summed E-state index contributed by atoms with van der Waals surface area (Å²) in [4.78, 5) is 31.6. The van der Waals surface area contributed by atoms with Crippen molar-refractivity contribution in [1.29, 1.82) is 0 Å². The lowest BCUT2D eigenvalue weighted by atomic mass is 9.97. The number of piperidine rings is 1. The van der Waals surface area contributed by atoms with Crippen LogP contribution in [-0.4, -0.2) is 33.6 Å². The van der Waals surface area contributed by atoms with E-state index in [1.54, 1.807) is 19.1 Å². The lowest BCUT2D eigenvalue weighted by Crippen LogP contribution is -2.43. The van der Waals surface area contributed by atoms with Crippen molar-refractivity contribution >= 4 is 27.3 Å². The summed E-state index contributed by atoms with van der Waals surface area (Å²) >= 11 is 1.36. The fourth-order valence-electron chi connectivity index (χ4n) is 3.34. The molecule has 1 aliphatic heterocycles. The van der Waals surface area contributed by atoms with E-state index in [9.17, 15) is 14.0 Å². The Hall–Kier alpha value is -2.81. The maximum atomic E-state index is 13.0. The smallest absolute Gasteiger partial charge is 0.275 e. The van der Waals surface area contributed by atoms with Gasteiger partial charge in [0.05, 0.1) is 5.92 Å². The van der Waals surface area contributed by atoms with Crippen molar-refractivity contribution in [2.24, 2.45) is 5.92 Å². The van der Waals surface area contributed by atoms with Gasteiger partial charge in [-0.3, -0.25) is 9.59 Å². The summed E-state index contributed by atoms with van der Waals surface area (Å²) in [5, 5.41) is 8.02. The monoisotopic (exact) mass is 401 g/mol. The van der Waals surface area contributed by atoms with Gasteiger partial charge >= 0.3 is 0 Å². The molecule has 0 unspecified atom stereocenters. The molecule has 1 atom stereocenters. The number of benzene rings is 1. The van der Waals surface area contributed by atoms with Crippen LogP contribution in [-0.2, 0) is 11.3 Å². The number of nitrogens with one attached hydrogen (secondary N) is 1. The Kier molecular flexibility index (Phi) is 5.08. The van der Waals surface area contributed by atoms with Crippen LogP contribution in [0, 0.1) is 18.7 Å². The number of rotatable bonds is 4. The van der Waals surface area contributed by atoms with Gasteiger partial charge in [0.2, 0.25) is 16.0 Å². The Bertz CT molecular complexity index is 1060. The lowest BCUT2D eigenvalue weighted by Gasteiger charge is -2.31. The topological polar surface area (TPSA) is 79.6 Å². The molecule has 1 N–H and O–H groups in total. The molecule has 9 heteroatoms. The number of anilines is 1. The van der Waals surface area contributed by atoms with Crippen molar-refractivity contribution < 1.29 is 9.18 Å². The first-order chi connectivity index (χ1) is 13.5. The molecule has 0 bridgehead atoms. The van der Waals surface area contributed by atoms with Crippen LogP contribution in [0.3, 0.4) is 0 Å². The zero-order valence-electron chi connectivity index (χ0n) is 15.4. The molecule has 1 amide bonds. The van der Waals surface area contributed by atoms with E-state index in [2.05, 4.69) is 15.4 Å². The first-order valence-electron chi connectivity index (χ1n) is 9.14. The summed E-state index contributed by atoms with van der Waals surface area (Å²) in [5.74, 6) is -0.480. The molecule has 1 fully saturated rings. The van der Waals surface area contributed by atoms with E-state index in [0.717, 1.165) is 24.9 Å². The fourth-order valence-corrected chi connectivity index (χ4v) is 4.33. The molecule has 3 heterocycles. The average Bonchev–Trinajstić information content (AvgIpc) is 3.12. The highest BCUT2D eigenvalue weighted by Gasteiger charge is 2.27. The maximum absolute atomic E-state index is 13.0. The van der Waals surface area contributed by atoms with Gasteiger partial charge in [0.15, 0.2) is 0 Å². The minimum atomic E-state index is -0.294. The van der Waals surface area contributed by atoms with Gasteiger partial charge in [0.25, 0.3) is 5.56 Å². The zero-order chi connectivity index (χ0) is 19.7. The average molecular weight is 401 g/mol. The summed E-state index contributed by atoms with van der Waals surface area (Å²) in [5.41, 5.74) is 1.32. The van der Waals surface area contributed by atoms with E-state index in [1.807, 2.05) is 4.90 Å². The second kappa shape index (κ2) is 7.67. The number of amides is 1. The third kappa shape index (κ3) is 3.89. The number of aromatic nitrogens is 3. The Morgan fingerprint density at radius 2 is 2.14 bits per heavy atom. The number of hydrogen-bond donors (Lipinski definition) is 1. The molecule has 146 valence electrons. The molecule has 1 aliphatic rings. The Balaban J connectivity index is 1.43. The SMILES string of the molecule is Cc1cc(=O)n2nc(N3CCC[C@@H](C(=O)NCc4ccc(F)cc4)C3)sc2n1. The number of fused-ring (bicyclic) bond motifs is 1. The highest BCUT2D eigenvalue weighted by molar-refractivity contribution is 7.20. The van der Waals surface area contributed by atoms with Gasteiger partial charge in [-0.25, -0.2) is 9.37 Å². The van der Waals surface area contributed by atoms with Crippen molar-refractivity contribution in [2.45, 2.75) is 26.3 Å². The molecule has 0 saturated carbocycles. The van der Waals surface area contributed by atoms with Gasteiger partial charge in [0.1, 0.15) is 5.82 Å². The number of halogens is 1. The summed E-state index contributed by atoms with van der Waals surface area (Å²) in [6.45, 7) is 3.48. The van der Waals surface area contributed by atoms with Crippen LogP contribution < -0.4 is 15.8 Å². The van der Waals surface area contributed by atoms with Crippen molar-refractivity contribution in [3.05, 3.63) is 57.8 Å². The van der Waals surface area contributed by atoms with Crippen molar-refractivity contribution in [2.75, 3.05) is 18.0 Å². The van der Waals surface area contributed by atoms with Crippen LogP contribution in [0.2, 0.25) is 0 Å². The molecule has 0 aliphatic carbocycles. The first kappa shape index (κ1) is 18.5. The minimum Gasteiger partial charge on any atom is -0.352 e. The number of aryl methyl sites for hydroxylation is 1. The lowest BCUT2D eigenvalue weighted by molar-refractivity contribution is -0.125. The van der Waals surface area contributed by atoms with Crippen LogP contribution in [0.25, 0.3) is 4.96 Å². The third-order valence-electron chi connectivity index (χ3n) is 4.81. The van der Waals surface area contributed by atoms with Crippen LogP contribution in [0.5, 0.6) is 0 Å². The molecule has 3 aromatic rings. The quantitative estimate of drug-likeness (QED) is 0.725. The van der Waals surface area contributed by atoms with E-state index in [4.69, 9.17) is 0 Å². The summed E-state index contributed by atoms with van der Waals surface area (Å²) < 4.78 is 14.3. The van der Waals surface area contributed by atoms with Crippen LogP contribution in [0.4, 0.5) is 9.52 Å². The number of carbonyl (C=O) groups excluding carboxylic acids is 1. The molecule has 1 saturated heterocycles. The molecule has 28 heavy (non-hydrogen) atoms. The van der Waals surface area contributed by atoms with Crippen LogP contribution >= 0.6 is 11.3 Å². The molecule has 0 spiro atoms. The highest BCUT2D eigenvalue weighted by Crippen LogP contribution is 2.27. The van der Waals surface area contributed by atoms with Gasteiger partial charge in [-0.1, -0.05) is 23.5 Å². The molecular formula is C19H20FN5O2S.